The minimum absolute atomic E-state index is 0.342. The largest absolute Gasteiger partial charge is 0.462 e. The zero-order chi connectivity index (χ0) is 14.8. The normalized spacial score (nSPS) is 10.9. The summed E-state index contributed by atoms with van der Waals surface area (Å²) in [6.45, 7) is 7.92. The Bertz CT molecular complexity index is 518. The molecule has 0 amide bonds. The summed E-state index contributed by atoms with van der Waals surface area (Å²) in [5.41, 5.74) is 1.15. The molecule has 0 aliphatic carbocycles. The van der Waals surface area contributed by atoms with Crippen LogP contribution in [0.4, 0.5) is 0 Å². The van der Waals surface area contributed by atoms with Crippen molar-refractivity contribution in [3.05, 3.63) is 54.1 Å². The van der Waals surface area contributed by atoms with Gasteiger partial charge in [-0.15, -0.1) is 0 Å². The average molecular weight is 273 g/mol. The minimum Gasteiger partial charge on any atom is -0.462 e. The van der Waals surface area contributed by atoms with Crippen LogP contribution in [0.25, 0.3) is 5.76 Å². The molecule has 0 radical (unpaired) electrons. The van der Waals surface area contributed by atoms with E-state index in [0.717, 1.165) is 6.42 Å². The summed E-state index contributed by atoms with van der Waals surface area (Å²) < 4.78 is 4.94. The number of carbonyl (C=O) groups excluding carboxylic acids is 1. The van der Waals surface area contributed by atoms with Gasteiger partial charge in [0.25, 0.3) is 0 Å². The lowest BCUT2D eigenvalue weighted by molar-refractivity contribution is 0.0526. The van der Waals surface area contributed by atoms with Crippen LogP contribution in [0.2, 0.25) is 0 Å². The molecule has 1 aromatic rings. The van der Waals surface area contributed by atoms with Gasteiger partial charge < -0.3 is 9.57 Å². The van der Waals surface area contributed by atoms with Crippen molar-refractivity contribution < 1.29 is 14.4 Å². The zero-order valence-corrected chi connectivity index (χ0v) is 11.8. The highest BCUT2D eigenvalue weighted by atomic mass is 16.6. The van der Waals surface area contributed by atoms with E-state index in [-0.39, 0.29) is 5.97 Å². The Labute approximate surface area is 119 Å². The summed E-state index contributed by atoms with van der Waals surface area (Å²) in [4.78, 5) is 16.8. The predicted molar refractivity (Wildman–Crippen MR) is 80.4 cm³/mol. The lowest BCUT2D eigenvalue weighted by Crippen LogP contribution is -2.04. The van der Waals surface area contributed by atoms with Crippen LogP contribution in [-0.4, -0.2) is 18.8 Å². The Morgan fingerprint density at radius 1 is 1.35 bits per heavy atom. The van der Waals surface area contributed by atoms with Gasteiger partial charge >= 0.3 is 5.97 Å². The summed E-state index contributed by atoms with van der Waals surface area (Å²) in [5, 5.41) is 3.77. The molecule has 0 heterocycles. The number of ether oxygens (including phenoxy) is 1. The summed E-state index contributed by atoms with van der Waals surface area (Å²) in [7, 11) is 0. The second-order valence-corrected chi connectivity index (χ2v) is 3.91. The number of rotatable bonds is 7. The molecule has 1 rings (SSSR count). The van der Waals surface area contributed by atoms with Gasteiger partial charge in [0.1, 0.15) is 0 Å². The highest BCUT2D eigenvalue weighted by Gasteiger charge is 2.08. The Morgan fingerprint density at radius 3 is 2.80 bits per heavy atom. The molecule has 0 aliphatic rings. The van der Waals surface area contributed by atoms with Crippen LogP contribution in [-0.2, 0) is 9.57 Å². The Balaban J connectivity index is 2.69. The maximum absolute atomic E-state index is 11.6. The quantitative estimate of drug-likeness (QED) is 0.328. The summed E-state index contributed by atoms with van der Waals surface area (Å²) in [6.07, 6.45) is 6.23. The third kappa shape index (κ3) is 5.10. The van der Waals surface area contributed by atoms with Gasteiger partial charge in [-0.3, -0.25) is 0 Å². The number of nitrogens with zero attached hydrogens (tertiary/aromatic N) is 1. The van der Waals surface area contributed by atoms with Crippen molar-refractivity contribution in [2.45, 2.75) is 20.3 Å². The third-order valence-corrected chi connectivity index (χ3v) is 2.38. The maximum Gasteiger partial charge on any atom is 0.338 e. The van der Waals surface area contributed by atoms with Crippen LogP contribution in [0, 0.1) is 0 Å². The first-order valence-electron chi connectivity index (χ1n) is 6.51. The van der Waals surface area contributed by atoms with Gasteiger partial charge in [-0.1, -0.05) is 36.9 Å². The van der Waals surface area contributed by atoms with Crippen molar-refractivity contribution in [2.24, 2.45) is 5.16 Å². The van der Waals surface area contributed by atoms with E-state index in [9.17, 15) is 4.79 Å². The number of hydrogen-bond acceptors (Lipinski definition) is 4. The topological polar surface area (TPSA) is 47.9 Å². The van der Waals surface area contributed by atoms with Crippen molar-refractivity contribution >= 4 is 17.9 Å². The predicted octanol–water partition coefficient (Wildman–Crippen LogP) is 3.80. The van der Waals surface area contributed by atoms with Crippen LogP contribution in [0.15, 0.2) is 48.2 Å². The molecule has 0 unspecified atom stereocenters. The molecule has 0 atom stereocenters. The molecule has 106 valence electrons. The molecule has 0 bridgehead atoms. The average Bonchev–Trinajstić information content (AvgIpc) is 2.47. The molecule has 0 saturated heterocycles. The van der Waals surface area contributed by atoms with Gasteiger partial charge in [-0.05, 0) is 31.6 Å². The first-order valence-corrected chi connectivity index (χ1v) is 6.51. The zero-order valence-electron chi connectivity index (χ0n) is 11.8. The van der Waals surface area contributed by atoms with E-state index in [1.165, 1.54) is 0 Å². The number of carbonyl (C=O) groups is 1. The van der Waals surface area contributed by atoms with Crippen molar-refractivity contribution in [3.8, 4) is 0 Å². The highest BCUT2D eigenvalue weighted by Crippen LogP contribution is 2.16. The molecule has 20 heavy (non-hydrogen) atoms. The standard InChI is InChI=1S/C16H19NO3/c1-4-6-7-11-17-20-13(3)14-9-8-10-15(12-14)16(18)19-5-2/h6-12H,3-5H2,1-2H3/b7-6+,17-11+. The first kappa shape index (κ1) is 15.7. The van der Waals surface area contributed by atoms with Crippen LogP contribution in [0.3, 0.4) is 0 Å². The minimum atomic E-state index is -0.364. The second-order valence-electron chi connectivity index (χ2n) is 3.91. The Kier molecular flexibility index (Phi) is 6.82. The summed E-state index contributed by atoms with van der Waals surface area (Å²) in [6, 6.07) is 6.89. The third-order valence-electron chi connectivity index (χ3n) is 2.38. The van der Waals surface area contributed by atoms with Crippen molar-refractivity contribution in [1.82, 2.24) is 0 Å². The van der Waals surface area contributed by atoms with Crippen molar-refractivity contribution in [1.29, 1.82) is 0 Å². The van der Waals surface area contributed by atoms with E-state index < -0.39 is 0 Å². The number of allylic oxidation sites excluding steroid dienone is 2. The van der Waals surface area contributed by atoms with Gasteiger partial charge in [0.15, 0.2) is 5.76 Å². The molecular formula is C16H19NO3. The van der Waals surface area contributed by atoms with Gasteiger partial charge in [-0.25, -0.2) is 4.79 Å². The van der Waals surface area contributed by atoms with E-state index in [2.05, 4.69) is 11.7 Å². The molecule has 1 aromatic carbocycles. The van der Waals surface area contributed by atoms with Gasteiger partial charge in [-0.2, -0.15) is 0 Å². The first-order chi connectivity index (χ1) is 9.69. The van der Waals surface area contributed by atoms with Crippen LogP contribution < -0.4 is 0 Å². The fourth-order valence-electron chi connectivity index (χ4n) is 1.41. The van der Waals surface area contributed by atoms with E-state index >= 15 is 0 Å². The van der Waals surface area contributed by atoms with Gasteiger partial charge in [0, 0.05) is 5.56 Å². The van der Waals surface area contributed by atoms with E-state index in [0.29, 0.717) is 23.5 Å². The van der Waals surface area contributed by atoms with Gasteiger partial charge in [0.2, 0.25) is 0 Å². The number of hydrogen-bond donors (Lipinski definition) is 0. The number of benzene rings is 1. The lowest BCUT2D eigenvalue weighted by Gasteiger charge is -2.05. The number of oxime groups is 1. The molecule has 0 aliphatic heterocycles. The molecule has 0 aromatic heterocycles. The molecule has 4 heteroatoms. The SMILES string of the molecule is C=C(O/N=C/C=C/CC)c1cccc(C(=O)OCC)c1. The van der Waals surface area contributed by atoms with E-state index in [1.807, 2.05) is 13.0 Å². The van der Waals surface area contributed by atoms with E-state index in [4.69, 9.17) is 9.57 Å². The Morgan fingerprint density at radius 2 is 2.10 bits per heavy atom. The fraction of sp³-hybridized carbons (Fsp3) is 0.250. The molecule has 0 saturated carbocycles. The molecule has 0 N–H and O–H groups in total. The molecule has 0 fully saturated rings. The highest BCUT2D eigenvalue weighted by molar-refractivity contribution is 5.90. The number of esters is 1. The smallest absolute Gasteiger partial charge is 0.338 e. The maximum atomic E-state index is 11.6. The fourth-order valence-corrected chi connectivity index (χ4v) is 1.41. The molecular weight excluding hydrogens is 254 g/mol. The summed E-state index contributed by atoms with van der Waals surface area (Å²) >= 11 is 0. The second kappa shape index (κ2) is 8.69. The van der Waals surface area contributed by atoms with Crippen LogP contribution >= 0.6 is 0 Å². The van der Waals surface area contributed by atoms with Crippen molar-refractivity contribution in [2.75, 3.05) is 6.61 Å². The summed E-state index contributed by atoms with van der Waals surface area (Å²) in [5.74, 6) is 0.00817. The Hall–Kier alpha value is -2.36. The van der Waals surface area contributed by atoms with Crippen LogP contribution in [0.1, 0.15) is 36.2 Å². The van der Waals surface area contributed by atoms with E-state index in [1.54, 1.807) is 43.5 Å². The monoisotopic (exact) mass is 273 g/mol. The van der Waals surface area contributed by atoms with Crippen LogP contribution in [0.5, 0.6) is 0 Å². The van der Waals surface area contributed by atoms with Gasteiger partial charge in [0.05, 0.1) is 18.4 Å². The lowest BCUT2D eigenvalue weighted by atomic mass is 10.1. The molecule has 4 nitrogen and oxygen atoms in total. The van der Waals surface area contributed by atoms with Crippen molar-refractivity contribution in [3.63, 3.8) is 0 Å². The molecule has 0 spiro atoms.